The van der Waals surface area contributed by atoms with Crippen LogP contribution in [-0.2, 0) is 32.6 Å². The molecule has 0 fully saturated rings. The van der Waals surface area contributed by atoms with Crippen LogP contribution in [0, 0.1) is 0 Å². The van der Waals surface area contributed by atoms with Crippen molar-refractivity contribution in [2.75, 3.05) is 6.54 Å². The van der Waals surface area contributed by atoms with Gasteiger partial charge in [-0.2, -0.15) is 0 Å². The average molecular weight is 290 g/mol. The van der Waals surface area contributed by atoms with Gasteiger partial charge in [0.05, 0.1) is 13.1 Å². The van der Waals surface area contributed by atoms with Crippen molar-refractivity contribution < 1.29 is 0 Å². The van der Waals surface area contributed by atoms with Crippen LogP contribution < -0.4 is 0 Å². The average Bonchev–Trinajstić information content (AvgIpc) is 3.11. The lowest BCUT2D eigenvalue weighted by Crippen LogP contribution is -2.34. The lowest BCUT2D eigenvalue weighted by atomic mass is 10.3. The summed E-state index contributed by atoms with van der Waals surface area (Å²) >= 11 is 0. The van der Waals surface area contributed by atoms with Crippen molar-refractivity contribution in [2.24, 2.45) is 0 Å². The molecule has 1 aliphatic heterocycles. The summed E-state index contributed by atoms with van der Waals surface area (Å²) in [6.45, 7) is 8.70. The number of unbranched alkanes of at least 4 members (excludes halogenated alkanes) is 1. The molecule has 1 aliphatic rings. The molecule has 0 saturated carbocycles. The summed E-state index contributed by atoms with van der Waals surface area (Å²) in [5.41, 5.74) is 0. The molecule has 21 heavy (non-hydrogen) atoms. The zero-order chi connectivity index (χ0) is 14.7. The van der Waals surface area contributed by atoms with E-state index < -0.39 is 0 Å². The summed E-state index contributed by atoms with van der Waals surface area (Å²) < 4.78 is 4.15. The normalized spacial score (nSPS) is 15.3. The Hall–Kier alpha value is -1.83. The van der Waals surface area contributed by atoms with Crippen LogP contribution in [0.2, 0.25) is 0 Å². The Morgan fingerprint density at radius 1 is 1.05 bits per heavy atom. The second kappa shape index (κ2) is 6.30. The maximum Gasteiger partial charge on any atom is 0.165 e. The van der Waals surface area contributed by atoms with E-state index in [4.69, 9.17) is 0 Å². The number of hydrogen-bond acceptors (Lipinski definition) is 6. The van der Waals surface area contributed by atoms with Crippen LogP contribution in [0.15, 0.2) is 0 Å². The van der Waals surface area contributed by atoms with Gasteiger partial charge in [0.1, 0.15) is 11.6 Å². The summed E-state index contributed by atoms with van der Waals surface area (Å²) in [4.78, 5) is 2.33. The first kappa shape index (κ1) is 14.1. The topological polar surface area (TPSA) is 77.5 Å². The van der Waals surface area contributed by atoms with Gasteiger partial charge in [-0.1, -0.05) is 20.3 Å². The number of tetrazole rings is 1. The van der Waals surface area contributed by atoms with Crippen molar-refractivity contribution in [3.05, 3.63) is 17.5 Å². The highest BCUT2D eigenvalue weighted by Gasteiger charge is 2.22. The molecule has 0 bridgehead atoms. The van der Waals surface area contributed by atoms with Gasteiger partial charge in [0, 0.05) is 26.1 Å². The number of rotatable bonds is 6. The predicted octanol–water partition coefficient (Wildman–Crippen LogP) is 0.643. The van der Waals surface area contributed by atoms with E-state index in [1.165, 1.54) is 0 Å². The van der Waals surface area contributed by atoms with Crippen molar-refractivity contribution in [1.82, 2.24) is 39.9 Å². The minimum absolute atomic E-state index is 0.769. The third-order valence-electron chi connectivity index (χ3n) is 3.92. The van der Waals surface area contributed by atoms with Gasteiger partial charge in [-0.25, -0.2) is 4.68 Å². The first-order chi connectivity index (χ1) is 10.3. The quantitative estimate of drug-likeness (QED) is 0.777. The largest absolute Gasteiger partial charge is 0.313 e. The molecule has 3 heterocycles. The Kier molecular flexibility index (Phi) is 4.23. The fourth-order valence-corrected chi connectivity index (χ4v) is 2.68. The number of fused-ring (bicyclic) bond motifs is 1. The van der Waals surface area contributed by atoms with Crippen LogP contribution in [0.3, 0.4) is 0 Å². The molecule has 3 rings (SSSR count). The van der Waals surface area contributed by atoms with E-state index in [0.29, 0.717) is 0 Å². The van der Waals surface area contributed by atoms with Crippen LogP contribution in [0.25, 0.3) is 0 Å². The smallest absolute Gasteiger partial charge is 0.165 e. The molecular weight excluding hydrogens is 268 g/mol. The predicted molar refractivity (Wildman–Crippen MR) is 76.2 cm³/mol. The molecule has 8 nitrogen and oxygen atoms in total. The molecule has 2 aromatic heterocycles. The third-order valence-corrected chi connectivity index (χ3v) is 3.92. The maximum atomic E-state index is 4.29. The van der Waals surface area contributed by atoms with E-state index in [9.17, 15) is 0 Å². The minimum atomic E-state index is 0.769. The van der Waals surface area contributed by atoms with Crippen molar-refractivity contribution in [3.8, 4) is 0 Å². The van der Waals surface area contributed by atoms with Gasteiger partial charge in [-0.3, -0.25) is 4.90 Å². The van der Waals surface area contributed by atoms with E-state index in [1.54, 1.807) is 0 Å². The van der Waals surface area contributed by atoms with Gasteiger partial charge in [0.25, 0.3) is 0 Å². The second-order valence-corrected chi connectivity index (χ2v) is 5.42. The van der Waals surface area contributed by atoms with Crippen molar-refractivity contribution >= 4 is 0 Å². The maximum absolute atomic E-state index is 4.29. The van der Waals surface area contributed by atoms with E-state index in [1.807, 2.05) is 4.68 Å². The van der Waals surface area contributed by atoms with E-state index in [-0.39, 0.29) is 0 Å². The van der Waals surface area contributed by atoms with Gasteiger partial charge in [-0.05, 0) is 16.8 Å². The molecular formula is C13H22N8. The summed E-state index contributed by atoms with van der Waals surface area (Å²) in [7, 11) is 0. The first-order valence-corrected chi connectivity index (χ1v) is 7.70. The summed E-state index contributed by atoms with van der Waals surface area (Å²) in [5.74, 6) is 3.07. The highest BCUT2D eigenvalue weighted by atomic mass is 15.5. The van der Waals surface area contributed by atoms with Crippen molar-refractivity contribution in [3.63, 3.8) is 0 Å². The van der Waals surface area contributed by atoms with Gasteiger partial charge >= 0.3 is 0 Å². The Labute approximate surface area is 124 Å². The standard InChI is InChI=1S/C13H22N8/c1-3-5-6-21-13(16-17-18-21)10-19-7-8-20-11(4-2)14-15-12(20)9-19/h3-10H2,1-2H3. The van der Waals surface area contributed by atoms with Gasteiger partial charge in [0.15, 0.2) is 5.82 Å². The molecule has 0 amide bonds. The molecule has 114 valence electrons. The Morgan fingerprint density at radius 3 is 2.76 bits per heavy atom. The second-order valence-electron chi connectivity index (χ2n) is 5.42. The molecule has 2 aromatic rings. The zero-order valence-corrected chi connectivity index (χ0v) is 12.7. The molecule has 0 aliphatic carbocycles. The zero-order valence-electron chi connectivity index (χ0n) is 12.7. The Bertz CT molecular complexity index is 587. The highest BCUT2D eigenvalue weighted by Crippen LogP contribution is 2.14. The molecule has 8 heteroatoms. The number of nitrogens with zero attached hydrogens (tertiary/aromatic N) is 8. The number of aromatic nitrogens is 7. The molecule has 0 spiro atoms. The molecule has 0 N–H and O–H groups in total. The van der Waals surface area contributed by atoms with Gasteiger partial charge in [0.2, 0.25) is 0 Å². The number of aryl methyl sites for hydroxylation is 2. The molecule has 0 saturated heterocycles. The van der Waals surface area contributed by atoms with Gasteiger partial charge < -0.3 is 4.57 Å². The lowest BCUT2D eigenvalue weighted by Gasteiger charge is -2.27. The Morgan fingerprint density at radius 2 is 1.95 bits per heavy atom. The molecule has 0 aromatic carbocycles. The molecule has 0 radical (unpaired) electrons. The Balaban J connectivity index is 1.66. The minimum Gasteiger partial charge on any atom is -0.313 e. The fourth-order valence-electron chi connectivity index (χ4n) is 2.68. The van der Waals surface area contributed by atoms with E-state index in [0.717, 1.165) is 69.5 Å². The molecule has 0 atom stereocenters. The van der Waals surface area contributed by atoms with Crippen LogP contribution >= 0.6 is 0 Å². The molecule has 0 unspecified atom stereocenters. The summed E-state index contributed by atoms with van der Waals surface area (Å²) in [5, 5.41) is 20.6. The highest BCUT2D eigenvalue weighted by molar-refractivity contribution is 4.99. The summed E-state index contributed by atoms with van der Waals surface area (Å²) in [6.07, 6.45) is 3.18. The van der Waals surface area contributed by atoms with Crippen LogP contribution in [0.5, 0.6) is 0 Å². The van der Waals surface area contributed by atoms with E-state index in [2.05, 4.69) is 49.0 Å². The third kappa shape index (κ3) is 2.94. The SMILES string of the molecule is CCCCn1nnnc1CN1CCn2c(CC)nnc2C1. The van der Waals surface area contributed by atoms with Crippen LogP contribution in [-0.4, -0.2) is 46.4 Å². The first-order valence-electron chi connectivity index (χ1n) is 7.70. The van der Waals surface area contributed by atoms with Crippen molar-refractivity contribution in [2.45, 2.75) is 59.3 Å². The van der Waals surface area contributed by atoms with E-state index >= 15 is 0 Å². The van der Waals surface area contributed by atoms with Crippen molar-refractivity contribution in [1.29, 1.82) is 0 Å². The number of hydrogen-bond donors (Lipinski definition) is 0. The monoisotopic (exact) mass is 290 g/mol. The lowest BCUT2D eigenvalue weighted by molar-refractivity contribution is 0.198. The van der Waals surface area contributed by atoms with Crippen LogP contribution in [0.4, 0.5) is 0 Å². The fraction of sp³-hybridized carbons (Fsp3) is 0.769. The van der Waals surface area contributed by atoms with Gasteiger partial charge in [-0.15, -0.1) is 15.3 Å². The van der Waals surface area contributed by atoms with Crippen LogP contribution in [0.1, 0.15) is 44.2 Å². The summed E-state index contributed by atoms with van der Waals surface area (Å²) in [6, 6.07) is 0.